The summed E-state index contributed by atoms with van der Waals surface area (Å²) in [5.74, 6) is 0. The van der Waals surface area contributed by atoms with Crippen LogP contribution >= 0.6 is 31.9 Å². The van der Waals surface area contributed by atoms with Crippen molar-refractivity contribution >= 4 is 31.9 Å². The Morgan fingerprint density at radius 3 is 1.73 bits per heavy atom. The highest BCUT2D eigenvalue weighted by Gasteiger charge is 2.00. The van der Waals surface area contributed by atoms with E-state index in [0.29, 0.717) is 11.4 Å². The van der Waals surface area contributed by atoms with Gasteiger partial charge in [0, 0.05) is 16.8 Å². The minimum Gasteiger partial charge on any atom is -0.396 e. The summed E-state index contributed by atoms with van der Waals surface area (Å²) in [4.78, 5) is 0.655. The van der Waals surface area contributed by atoms with Gasteiger partial charge in [0.2, 0.25) is 0 Å². The van der Waals surface area contributed by atoms with Gasteiger partial charge in [0.1, 0.15) is 0 Å². The second-order valence-electron chi connectivity index (χ2n) is 4.09. The standard InChI is InChI=1S/C12H24Br2O/c13-11-12(14)9-7-5-3-1-2-4-6-8-10-15/h12,15H,1-11H2. The Hall–Kier alpha value is 0.920. The minimum atomic E-state index is 0.360. The van der Waals surface area contributed by atoms with Crippen LogP contribution in [0.2, 0.25) is 0 Å². The van der Waals surface area contributed by atoms with E-state index in [9.17, 15) is 0 Å². The van der Waals surface area contributed by atoms with Crippen LogP contribution in [0.3, 0.4) is 0 Å². The largest absolute Gasteiger partial charge is 0.396 e. The Labute approximate surface area is 111 Å². The molecule has 0 heterocycles. The molecule has 0 radical (unpaired) electrons. The van der Waals surface area contributed by atoms with Crippen molar-refractivity contribution in [1.29, 1.82) is 0 Å². The predicted molar refractivity (Wildman–Crippen MR) is 75.1 cm³/mol. The van der Waals surface area contributed by atoms with Gasteiger partial charge in [0.05, 0.1) is 0 Å². The maximum atomic E-state index is 8.61. The van der Waals surface area contributed by atoms with Gasteiger partial charge in [-0.25, -0.2) is 0 Å². The zero-order chi connectivity index (χ0) is 11.4. The summed E-state index contributed by atoms with van der Waals surface area (Å²) >= 11 is 7.08. The van der Waals surface area contributed by atoms with Gasteiger partial charge in [-0.1, -0.05) is 76.8 Å². The fourth-order valence-electron chi connectivity index (χ4n) is 1.62. The Morgan fingerprint density at radius 1 is 0.800 bits per heavy atom. The molecule has 0 aromatic heterocycles. The third kappa shape index (κ3) is 12.9. The number of aliphatic hydroxyl groups is 1. The molecule has 0 saturated carbocycles. The van der Waals surface area contributed by atoms with Crippen LogP contribution in [-0.4, -0.2) is 21.9 Å². The number of unbranched alkanes of at least 4 members (excludes halogenated alkanes) is 7. The predicted octanol–water partition coefficient (Wildman–Crippen LogP) is 4.65. The Balaban J connectivity index is 2.92. The van der Waals surface area contributed by atoms with Crippen molar-refractivity contribution in [3.63, 3.8) is 0 Å². The lowest BCUT2D eigenvalue weighted by molar-refractivity contribution is 0.282. The van der Waals surface area contributed by atoms with Crippen LogP contribution in [0.1, 0.15) is 57.8 Å². The Morgan fingerprint density at radius 2 is 1.27 bits per heavy atom. The van der Waals surface area contributed by atoms with Crippen LogP contribution in [0.5, 0.6) is 0 Å². The third-order valence-electron chi connectivity index (χ3n) is 2.59. The molecule has 1 nitrogen and oxygen atoms in total. The lowest BCUT2D eigenvalue weighted by Gasteiger charge is -2.05. The highest BCUT2D eigenvalue weighted by molar-refractivity contribution is 9.12. The molecule has 0 bridgehead atoms. The molecule has 1 N–H and O–H groups in total. The van der Waals surface area contributed by atoms with Crippen LogP contribution in [0.15, 0.2) is 0 Å². The number of hydrogen-bond donors (Lipinski definition) is 1. The van der Waals surface area contributed by atoms with Gasteiger partial charge in [-0.2, -0.15) is 0 Å². The molecule has 15 heavy (non-hydrogen) atoms. The molecule has 0 aromatic rings. The monoisotopic (exact) mass is 342 g/mol. The van der Waals surface area contributed by atoms with E-state index in [2.05, 4.69) is 31.9 Å². The van der Waals surface area contributed by atoms with E-state index in [0.717, 1.165) is 11.8 Å². The van der Waals surface area contributed by atoms with Gasteiger partial charge in [-0.15, -0.1) is 0 Å². The van der Waals surface area contributed by atoms with Gasteiger partial charge >= 0.3 is 0 Å². The summed E-state index contributed by atoms with van der Waals surface area (Å²) in [6, 6.07) is 0. The van der Waals surface area contributed by atoms with Crippen molar-refractivity contribution in [2.24, 2.45) is 0 Å². The lowest BCUT2D eigenvalue weighted by Crippen LogP contribution is -1.97. The van der Waals surface area contributed by atoms with E-state index in [-0.39, 0.29) is 0 Å². The van der Waals surface area contributed by atoms with Crippen molar-refractivity contribution < 1.29 is 5.11 Å². The second-order valence-corrected chi connectivity index (χ2v) is 6.03. The molecule has 0 aliphatic heterocycles. The molecule has 0 spiro atoms. The first kappa shape index (κ1) is 15.9. The normalized spacial score (nSPS) is 13.0. The van der Waals surface area contributed by atoms with Gasteiger partial charge in [-0.3, -0.25) is 0 Å². The van der Waals surface area contributed by atoms with Crippen LogP contribution in [0, 0.1) is 0 Å². The zero-order valence-electron chi connectivity index (χ0n) is 9.56. The highest BCUT2D eigenvalue weighted by atomic mass is 79.9. The van der Waals surface area contributed by atoms with E-state index < -0.39 is 0 Å². The fraction of sp³-hybridized carbons (Fsp3) is 1.00. The van der Waals surface area contributed by atoms with Crippen molar-refractivity contribution in [1.82, 2.24) is 0 Å². The molecule has 0 aliphatic carbocycles. The average molecular weight is 344 g/mol. The van der Waals surface area contributed by atoms with Crippen molar-refractivity contribution in [2.45, 2.75) is 62.6 Å². The summed E-state index contributed by atoms with van der Waals surface area (Å²) in [6.07, 6.45) is 11.6. The number of aliphatic hydroxyl groups excluding tert-OH is 1. The quantitative estimate of drug-likeness (QED) is 0.427. The summed E-state index contributed by atoms with van der Waals surface area (Å²) in [7, 11) is 0. The lowest BCUT2D eigenvalue weighted by atomic mass is 10.1. The molecular weight excluding hydrogens is 320 g/mol. The molecular formula is C12H24Br2O. The molecule has 0 fully saturated rings. The first-order valence-corrected chi connectivity index (χ1v) is 8.16. The van der Waals surface area contributed by atoms with Crippen LogP contribution in [0.4, 0.5) is 0 Å². The average Bonchev–Trinajstić information content (AvgIpc) is 2.26. The van der Waals surface area contributed by atoms with E-state index in [1.165, 1.54) is 51.4 Å². The van der Waals surface area contributed by atoms with Gasteiger partial charge in [-0.05, 0) is 12.8 Å². The molecule has 1 unspecified atom stereocenters. The van der Waals surface area contributed by atoms with Crippen molar-refractivity contribution in [3.8, 4) is 0 Å². The van der Waals surface area contributed by atoms with E-state index in [1.807, 2.05) is 0 Å². The molecule has 0 saturated heterocycles. The minimum absolute atomic E-state index is 0.360. The summed E-state index contributed by atoms with van der Waals surface area (Å²) in [6.45, 7) is 0.360. The molecule has 0 rings (SSSR count). The van der Waals surface area contributed by atoms with Crippen molar-refractivity contribution in [3.05, 3.63) is 0 Å². The second kappa shape index (κ2) is 13.0. The fourth-order valence-corrected chi connectivity index (χ4v) is 2.26. The maximum Gasteiger partial charge on any atom is 0.0431 e. The van der Waals surface area contributed by atoms with Crippen LogP contribution in [0.25, 0.3) is 0 Å². The molecule has 3 heteroatoms. The number of hydrogen-bond acceptors (Lipinski definition) is 1. The first-order valence-electron chi connectivity index (χ1n) is 6.12. The van der Waals surface area contributed by atoms with E-state index in [1.54, 1.807) is 0 Å². The van der Waals surface area contributed by atoms with Gasteiger partial charge < -0.3 is 5.11 Å². The van der Waals surface area contributed by atoms with Gasteiger partial charge in [0.15, 0.2) is 0 Å². The van der Waals surface area contributed by atoms with Crippen molar-refractivity contribution in [2.75, 3.05) is 11.9 Å². The van der Waals surface area contributed by atoms with Crippen LogP contribution in [-0.2, 0) is 0 Å². The SMILES string of the molecule is OCCCCCCCCCCC(Br)CBr. The topological polar surface area (TPSA) is 20.2 Å². The molecule has 0 amide bonds. The number of alkyl halides is 2. The molecule has 1 atom stereocenters. The highest BCUT2D eigenvalue weighted by Crippen LogP contribution is 2.15. The molecule has 0 aromatic carbocycles. The first-order chi connectivity index (χ1) is 7.31. The third-order valence-corrected chi connectivity index (χ3v) is 5.02. The Bertz CT molecular complexity index is 120. The molecule has 0 aliphatic rings. The summed E-state index contributed by atoms with van der Waals surface area (Å²) in [5.41, 5.74) is 0. The Kier molecular flexibility index (Phi) is 13.8. The number of rotatable bonds is 11. The molecule has 92 valence electrons. The van der Waals surface area contributed by atoms with Crippen LogP contribution < -0.4 is 0 Å². The zero-order valence-corrected chi connectivity index (χ0v) is 12.7. The maximum absolute atomic E-state index is 8.61. The van der Waals surface area contributed by atoms with E-state index in [4.69, 9.17) is 5.11 Å². The van der Waals surface area contributed by atoms with Gasteiger partial charge in [0.25, 0.3) is 0 Å². The number of halogens is 2. The van der Waals surface area contributed by atoms with E-state index >= 15 is 0 Å². The summed E-state index contributed by atoms with van der Waals surface area (Å²) < 4.78 is 0. The smallest absolute Gasteiger partial charge is 0.0431 e. The summed E-state index contributed by atoms with van der Waals surface area (Å²) in [5, 5.41) is 9.67.